The molecule has 0 aliphatic heterocycles. The molecule has 0 bridgehead atoms. The van der Waals surface area contributed by atoms with Crippen molar-refractivity contribution in [2.45, 2.75) is 32.2 Å². The first-order chi connectivity index (χ1) is 11.5. The first-order valence-corrected chi connectivity index (χ1v) is 7.61. The molecule has 126 valence electrons. The molecular weight excluding hydrogens is 313 g/mol. The number of nitrogens with one attached hydrogen (secondary N) is 1. The first-order valence-electron chi connectivity index (χ1n) is 7.61. The van der Waals surface area contributed by atoms with E-state index >= 15 is 0 Å². The van der Waals surface area contributed by atoms with E-state index in [2.05, 4.69) is 15.3 Å². The van der Waals surface area contributed by atoms with Gasteiger partial charge in [0.25, 0.3) is 5.91 Å². The summed E-state index contributed by atoms with van der Waals surface area (Å²) >= 11 is 0. The molecule has 0 radical (unpaired) electrons. The maximum Gasteiger partial charge on any atom is 0.326 e. The quantitative estimate of drug-likeness (QED) is 0.814. The summed E-state index contributed by atoms with van der Waals surface area (Å²) < 4.78 is 14.2. The van der Waals surface area contributed by atoms with Crippen molar-refractivity contribution in [3.63, 3.8) is 0 Å². The molecule has 24 heavy (non-hydrogen) atoms. The van der Waals surface area contributed by atoms with Crippen molar-refractivity contribution in [1.82, 2.24) is 15.3 Å². The Morgan fingerprint density at radius 3 is 2.54 bits per heavy atom. The Kier molecular flexibility index (Phi) is 5.95. The normalized spacial score (nSPS) is 11.8. The SMILES string of the molecule is CCCCC(NC(=O)c1ccc(-c2cncnc2)cc1F)C(=O)O. The molecule has 2 rings (SSSR count). The molecule has 0 aliphatic rings. The Morgan fingerprint density at radius 1 is 1.25 bits per heavy atom. The highest BCUT2D eigenvalue weighted by molar-refractivity contribution is 5.97. The van der Waals surface area contributed by atoms with Crippen LogP contribution in [0.1, 0.15) is 36.5 Å². The molecule has 0 saturated heterocycles. The van der Waals surface area contributed by atoms with Crippen LogP contribution in [0.4, 0.5) is 4.39 Å². The summed E-state index contributed by atoms with van der Waals surface area (Å²) in [5, 5.41) is 11.5. The second-order valence-corrected chi connectivity index (χ2v) is 5.33. The number of rotatable bonds is 7. The van der Waals surface area contributed by atoms with Crippen molar-refractivity contribution in [3.8, 4) is 11.1 Å². The van der Waals surface area contributed by atoms with E-state index in [4.69, 9.17) is 5.11 Å². The molecule has 1 heterocycles. The highest BCUT2D eigenvalue weighted by Gasteiger charge is 2.22. The van der Waals surface area contributed by atoms with Gasteiger partial charge < -0.3 is 10.4 Å². The van der Waals surface area contributed by atoms with Gasteiger partial charge in [-0.2, -0.15) is 0 Å². The van der Waals surface area contributed by atoms with Gasteiger partial charge in [-0.25, -0.2) is 19.2 Å². The highest BCUT2D eigenvalue weighted by atomic mass is 19.1. The Morgan fingerprint density at radius 2 is 1.96 bits per heavy atom. The van der Waals surface area contributed by atoms with Gasteiger partial charge in [0, 0.05) is 18.0 Å². The third kappa shape index (κ3) is 4.34. The third-order valence-corrected chi connectivity index (χ3v) is 3.56. The Hall–Kier alpha value is -2.83. The first kappa shape index (κ1) is 17.5. The molecule has 1 unspecified atom stereocenters. The van der Waals surface area contributed by atoms with Crippen LogP contribution in [-0.4, -0.2) is 33.0 Å². The van der Waals surface area contributed by atoms with Crippen LogP contribution in [0, 0.1) is 5.82 Å². The largest absolute Gasteiger partial charge is 0.480 e. The van der Waals surface area contributed by atoms with E-state index < -0.39 is 23.7 Å². The predicted octanol–water partition coefficient (Wildman–Crippen LogP) is 2.66. The molecule has 7 heteroatoms. The standard InChI is InChI=1S/C17H18FN3O3/c1-2-3-4-15(17(23)24)21-16(22)13-6-5-11(7-14(13)18)12-8-19-10-20-9-12/h5-10,15H,2-4H2,1H3,(H,21,22)(H,23,24). The number of carbonyl (C=O) groups excluding carboxylic acids is 1. The monoisotopic (exact) mass is 331 g/mol. The van der Waals surface area contributed by atoms with Crippen LogP contribution >= 0.6 is 0 Å². The summed E-state index contributed by atoms with van der Waals surface area (Å²) in [7, 11) is 0. The van der Waals surface area contributed by atoms with Crippen LogP contribution in [-0.2, 0) is 4.79 Å². The van der Waals surface area contributed by atoms with Crippen molar-refractivity contribution in [2.75, 3.05) is 0 Å². The van der Waals surface area contributed by atoms with Gasteiger partial charge in [0.05, 0.1) is 5.56 Å². The number of halogens is 1. The molecule has 1 aromatic heterocycles. The van der Waals surface area contributed by atoms with E-state index in [0.29, 0.717) is 24.0 Å². The second kappa shape index (κ2) is 8.14. The minimum Gasteiger partial charge on any atom is -0.480 e. The average molecular weight is 331 g/mol. The fourth-order valence-electron chi connectivity index (χ4n) is 2.23. The van der Waals surface area contributed by atoms with E-state index in [1.54, 1.807) is 6.07 Å². The van der Waals surface area contributed by atoms with Crippen LogP contribution in [0.15, 0.2) is 36.9 Å². The number of hydrogen-bond donors (Lipinski definition) is 2. The number of carbonyl (C=O) groups is 2. The number of hydrogen-bond acceptors (Lipinski definition) is 4. The van der Waals surface area contributed by atoms with E-state index in [0.717, 1.165) is 6.42 Å². The number of nitrogens with zero attached hydrogens (tertiary/aromatic N) is 2. The Labute approximate surface area is 138 Å². The maximum atomic E-state index is 14.2. The third-order valence-electron chi connectivity index (χ3n) is 3.56. The summed E-state index contributed by atoms with van der Waals surface area (Å²) in [6.07, 6.45) is 6.20. The summed E-state index contributed by atoms with van der Waals surface area (Å²) in [5.41, 5.74) is 0.957. The summed E-state index contributed by atoms with van der Waals surface area (Å²) in [6.45, 7) is 1.92. The van der Waals surface area contributed by atoms with Gasteiger partial charge in [-0.15, -0.1) is 0 Å². The van der Waals surface area contributed by atoms with Gasteiger partial charge in [0.15, 0.2) is 0 Å². The molecule has 1 aromatic carbocycles. The summed E-state index contributed by atoms with van der Waals surface area (Å²) in [5.74, 6) is -2.60. The second-order valence-electron chi connectivity index (χ2n) is 5.33. The topological polar surface area (TPSA) is 92.2 Å². The molecule has 1 atom stereocenters. The van der Waals surface area contributed by atoms with Crippen LogP contribution in [0.25, 0.3) is 11.1 Å². The number of carboxylic acid groups (broad SMARTS) is 1. The minimum atomic E-state index is -1.13. The van der Waals surface area contributed by atoms with Gasteiger partial charge in [-0.3, -0.25) is 4.79 Å². The number of unbranched alkanes of at least 4 members (excludes halogenated alkanes) is 1. The van der Waals surface area contributed by atoms with E-state index in [1.165, 1.54) is 30.9 Å². The van der Waals surface area contributed by atoms with Crippen molar-refractivity contribution < 1.29 is 19.1 Å². The van der Waals surface area contributed by atoms with Crippen LogP contribution in [0.5, 0.6) is 0 Å². The molecule has 0 spiro atoms. The Bertz CT molecular complexity index is 722. The van der Waals surface area contributed by atoms with E-state index in [-0.39, 0.29) is 5.56 Å². The van der Waals surface area contributed by atoms with Crippen LogP contribution in [0.3, 0.4) is 0 Å². The van der Waals surface area contributed by atoms with Gasteiger partial charge >= 0.3 is 5.97 Å². The average Bonchev–Trinajstić information content (AvgIpc) is 2.58. The fourth-order valence-corrected chi connectivity index (χ4v) is 2.23. The lowest BCUT2D eigenvalue weighted by atomic mass is 10.0. The fraction of sp³-hybridized carbons (Fsp3) is 0.294. The van der Waals surface area contributed by atoms with Crippen molar-refractivity contribution in [1.29, 1.82) is 0 Å². The molecular formula is C17H18FN3O3. The number of aromatic nitrogens is 2. The van der Waals surface area contributed by atoms with Gasteiger partial charge in [-0.1, -0.05) is 25.8 Å². The molecule has 2 aromatic rings. The Balaban J connectivity index is 2.16. The zero-order valence-electron chi connectivity index (χ0n) is 13.2. The molecule has 0 fully saturated rings. The molecule has 2 N–H and O–H groups in total. The van der Waals surface area contributed by atoms with E-state index in [9.17, 15) is 14.0 Å². The predicted molar refractivity (Wildman–Crippen MR) is 85.8 cm³/mol. The number of benzene rings is 1. The number of aliphatic carboxylic acids is 1. The zero-order chi connectivity index (χ0) is 17.5. The van der Waals surface area contributed by atoms with Crippen molar-refractivity contribution in [3.05, 3.63) is 48.3 Å². The molecule has 1 amide bonds. The zero-order valence-corrected chi connectivity index (χ0v) is 13.2. The van der Waals surface area contributed by atoms with E-state index in [1.807, 2.05) is 6.92 Å². The van der Waals surface area contributed by atoms with Crippen molar-refractivity contribution >= 4 is 11.9 Å². The number of amides is 1. The number of carboxylic acids is 1. The van der Waals surface area contributed by atoms with Crippen molar-refractivity contribution in [2.24, 2.45) is 0 Å². The summed E-state index contributed by atoms with van der Waals surface area (Å²) in [6, 6.07) is 3.07. The van der Waals surface area contributed by atoms with Gasteiger partial charge in [-0.05, 0) is 24.1 Å². The lowest BCUT2D eigenvalue weighted by Gasteiger charge is -2.14. The lowest BCUT2D eigenvalue weighted by Crippen LogP contribution is -2.41. The minimum absolute atomic E-state index is 0.196. The highest BCUT2D eigenvalue weighted by Crippen LogP contribution is 2.20. The van der Waals surface area contributed by atoms with Crippen LogP contribution < -0.4 is 5.32 Å². The summed E-state index contributed by atoms with van der Waals surface area (Å²) in [4.78, 5) is 31.0. The smallest absolute Gasteiger partial charge is 0.326 e. The maximum absolute atomic E-state index is 14.2. The lowest BCUT2D eigenvalue weighted by molar-refractivity contribution is -0.139. The molecule has 0 saturated carbocycles. The van der Waals surface area contributed by atoms with Gasteiger partial charge in [0.2, 0.25) is 0 Å². The molecule has 6 nitrogen and oxygen atoms in total. The van der Waals surface area contributed by atoms with Gasteiger partial charge in [0.1, 0.15) is 18.2 Å². The molecule has 0 aliphatic carbocycles. The van der Waals surface area contributed by atoms with Crippen LogP contribution in [0.2, 0.25) is 0 Å².